The molecule has 1 fully saturated rings. The van der Waals surface area contributed by atoms with Gasteiger partial charge in [0.05, 0.1) is 12.1 Å². The van der Waals surface area contributed by atoms with Gasteiger partial charge in [0.1, 0.15) is 0 Å². The number of nitrogens with one attached hydrogen (secondary N) is 1. The van der Waals surface area contributed by atoms with Crippen LogP contribution < -0.4 is 11.1 Å². The van der Waals surface area contributed by atoms with Gasteiger partial charge in [0.25, 0.3) is 0 Å². The largest absolute Gasteiger partial charge is 0.391 e. The number of nitrogens with zero attached hydrogens (tertiary/aromatic N) is 1. The second kappa shape index (κ2) is 9.14. The van der Waals surface area contributed by atoms with Gasteiger partial charge in [-0.3, -0.25) is 9.59 Å². The van der Waals surface area contributed by atoms with Crippen LogP contribution in [-0.4, -0.2) is 54.1 Å². The van der Waals surface area contributed by atoms with Gasteiger partial charge in [-0.05, 0) is 31.2 Å². The molecule has 0 radical (unpaired) electrons. The van der Waals surface area contributed by atoms with E-state index in [1.807, 2.05) is 18.2 Å². The lowest BCUT2D eigenvalue weighted by molar-refractivity contribution is -0.134. The first-order valence-electron chi connectivity index (χ1n) is 9.33. The smallest absolute Gasteiger partial charge is 0.223 e. The number of rotatable bonds is 6. The van der Waals surface area contributed by atoms with Gasteiger partial charge < -0.3 is 21.1 Å². The maximum atomic E-state index is 12.2. The highest BCUT2D eigenvalue weighted by atomic mass is 16.3. The van der Waals surface area contributed by atoms with Crippen LogP contribution in [0.25, 0.3) is 0 Å². The molecule has 1 aromatic rings. The van der Waals surface area contributed by atoms with Crippen molar-refractivity contribution < 1.29 is 14.7 Å². The van der Waals surface area contributed by atoms with Crippen LogP contribution in [0.1, 0.15) is 44.6 Å². The number of aliphatic hydroxyl groups is 1. The Hall–Kier alpha value is -1.92. The third-order valence-corrected chi connectivity index (χ3v) is 5.59. The molecular formula is C20H31N3O3. The van der Waals surface area contributed by atoms with Gasteiger partial charge >= 0.3 is 0 Å². The van der Waals surface area contributed by atoms with Gasteiger partial charge in [-0.25, -0.2) is 0 Å². The van der Waals surface area contributed by atoms with Crippen molar-refractivity contribution in [3.8, 4) is 0 Å². The second-order valence-corrected chi connectivity index (χ2v) is 7.31. The first-order valence-corrected chi connectivity index (χ1v) is 9.33. The van der Waals surface area contributed by atoms with E-state index >= 15 is 0 Å². The average Bonchev–Trinajstić information content (AvgIpc) is 2.80. The number of likely N-dealkylation sites (N-methyl/N-ethyl adjacent to an activating group) is 1. The van der Waals surface area contributed by atoms with Gasteiger partial charge in [-0.1, -0.05) is 30.3 Å². The molecule has 0 aromatic heterocycles. The highest BCUT2D eigenvalue weighted by molar-refractivity contribution is 5.76. The zero-order valence-electron chi connectivity index (χ0n) is 15.8. The number of nitrogens with two attached hydrogens (primary N) is 1. The topological polar surface area (TPSA) is 95.7 Å². The molecule has 0 bridgehead atoms. The van der Waals surface area contributed by atoms with Crippen molar-refractivity contribution >= 4 is 11.8 Å². The fraction of sp³-hybridized carbons (Fsp3) is 0.600. The Morgan fingerprint density at radius 1 is 1.27 bits per heavy atom. The molecule has 0 spiro atoms. The lowest BCUT2D eigenvalue weighted by atomic mass is 9.74. The summed E-state index contributed by atoms with van der Waals surface area (Å²) in [6, 6.07) is 9.91. The highest BCUT2D eigenvalue weighted by Gasteiger charge is 2.39. The van der Waals surface area contributed by atoms with Crippen LogP contribution >= 0.6 is 0 Å². The van der Waals surface area contributed by atoms with E-state index in [2.05, 4.69) is 17.4 Å². The van der Waals surface area contributed by atoms with Crippen molar-refractivity contribution in [2.45, 2.75) is 56.6 Å². The summed E-state index contributed by atoms with van der Waals surface area (Å²) in [5, 5.41) is 13.6. The van der Waals surface area contributed by atoms with E-state index < -0.39 is 6.10 Å². The summed E-state index contributed by atoms with van der Waals surface area (Å²) in [5.41, 5.74) is 6.43. The molecule has 1 saturated carbocycles. The first kappa shape index (κ1) is 20.4. The van der Waals surface area contributed by atoms with E-state index in [1.54, 1.807) is 11.9 Å². The van der Waals surface area contributed by atoms with Crippen molar-refractivity contribution in [1.29, 1.82) is 0 Å². The molecule has 144 valence electrons. The quantitative estimate of drug-likeness (QED) is 0.663. The van der Waals surface area contributed by atoms with Gasteiger partial charge in [0, 0.05) is 38.9 Å². The molecule has 1 aromatic carbocycles. The number of aliphatic hydroxyl groups excluding tert-OH is 1. The molecule has 0 heterocycles. The SMILES string of the molecule is CC(=O)NC[C@]1(c2ccccc2)CC[C@H](O)[C@@H](N(C)C(=O)CCN)CC1. The lowest BCUT2D eigenvalue weighted by Crippen LogP contribution is -2.44. The van der Waals surface area contributed by atoms with Crippen molar-refractivity contribution in [3.63, 3.8) is 0 Å². The summed E-state index contributed by atoms with van der Waals surface area (Å²) in [6.45, 7) is 2.36. The average molecular weight is 361 g/mol. The highest BCUT2D eigenvalue weighted by Crippen LogP contribution is 2.39. The number of carbonyl (C=O) groups is 2. The summed E-state index contributed by atoms with van der Waals surface area (Å²) in [6.07, 6.45) is 2.52. The van der Waals surface area contributed by atoms with Crippen LogP contribution in [0.5, 0.6) is 0 Å². The molecule has 1 aliphatic rings. The number of carbonyl (C=O) groups excluding carboxylic acids is 2. The predicted molar refractivity (Wildman–Crippen MR) is 102 cm³/mol. The molecule has 3 atom stereocenters. The molecule has 2 amide bonds. The molecule has 26 heavy (non-hydrogen) atoms. The fourth-order valence-corrected chi connectivity index (χ4v) is 3.95. The van der Waals surface area contributed by atoms with E-state index in [0.29, 0.717) is 25.9 Å². The molecule has 6 nitrogen and oxygen atoms in total. The Balaban J connectivity index is 2.24. The predicted octanol–water partition coefficient (Wildman–Crippen LogP) is 1.17. The van der Waals surface area contributed by atoms with E-state index in [1.165, 1.54) is 6.92 Å². The van der Waals surface area contributed by atoms with Crippen molar-refractivity contribution in [3.05, 3.63) is 35.9 Å². The van der Waals surface area contributed by atoms with Crippen LogP contribution in [0.3, 0.4) is 0 Å². The minimum atomic E-state index is -0.579. The third-order valence-electron chi connectivity index (χ3n) is 5.59. The summed E-state index contributed by atoms with van der Waals surface area (Å²) in [7, 11) is 1.75. The zero-order valence-corrected chi connectivity index (χ0v) is 15.8. The Morgan fingerprint density at radius 2 is 1.92 bits per heavy atom. The van der Waals surface area contributed by atoms with Crippen LogP contribution in [0.15, 0.2) is 30.3 Å². The van der Waals surface area contributed by atoms with Crippen LogP contribution in [0.2, 0.25) is 0 Å². The summed E-state index contributed by atoms with van der Waals surface area (Å²) >= 11 is 0. The van der Waals surface area contributed by atoms with Gasteiger partial charge in [-0.2, -0.15) is 0 Å². The molecule has 4 N–H and O–H groups in total. The van der Waals surface area contributed by atoms with Gasteiger partial charge in [0.15, 0.2) is 0 Å². The Morgan fingerprint density at radius 3 is 2.54 bits per heavy atom. The van der Waals surface area contributed by atoms with Crippen LogP contribution in [-0.2, 0) is 15.0 Å². The maximum Gasteiger partial charge on any atom is 0.223 e. The van der Waals surface area contributed by atoms with Gasteiger partial charge in [-0.15, -0.1) is 0 Å². The molecular weight excluding hydrogens is 330 g/mol. The standard InChI is InChI=1S/C20H31N3O3/c1-15(24)22-14-20(16-6-4-3-5-7-16)11-8-17(18(25)9-12-20)23(2)19(26)10-13-21/h3-7,17-18,25H,8-14,21H2,1-2H3,(H,22,24)/t17-,18-,20+/m0/s1. The van der Waals surface area contributed by atoms with E-state index in [-0.39, 0.29) is 29.7 Å². The minimum absolute atomic E-state index is 0.0365. The Bertz CT molecular complexity index is 608. The third kappa shape index (κ3) is 4.83. The minimum Gasteiger partial charge on any atom is -0.391 e. The molecule has 2 rings (SSSR count). The second-order valence-electron chi connectivity index (χ2n) is 7.31. The summed E-state index contributed by atoms with van der Waals surface area (Å²) in [4.78, 5) is 25.4. The Kier molecular flexibility index (Phi) is 7.17. The number of benzene rings is 1. The molecule has 0 saturated heterocycles. The first-order chi connectivity index (χ1) is 12.4. The van der Waals surface area contributed by atoms with E-state index in [0.717, 1.165) is 18.4 Å². The monoisotopic (exact) mass is 361 g/mol. The number of amides is 2. The number of hydrogen-bond donors (Lipinski definition) is 3. The lowest BCUT2D eigenvalue weighted by Gasteiger charge is -2.34. The van der Waals surface area contributed by atoms with Crippen molar-refractivity contribution in [2.24, 2.45) is 5.73 Å². The zero-order chi connectivity index (χ0) is 19.2. The van der Waals surface area contributed by atoms with Crippen molar-refractivity contribution in [2.75, 3.05) is 20.1 Å². The van der Waals surface area contributed by atoms with Crippen molar-refractivity contribution in [1.82, 2.24) is 10.2 Å². The van der Waals surface area contributed by atoms with E-state index in [9.17, 15) is 14.7 Å². The molecule has 1 aliphatic carbocycles. The summed E-state index contributed by atoms with van der Waals surface area (Å²) < 4.78 is 0. The molecule has 0 unspecified atom stereocenters. The van der Waals surface area contributed by atoms with E-state index in [4.69, 9.17) is 5.73 Å². The number of hydrogen-bond acceptors (Lipinski definition) is 4. The molecule has 0 aliphatic heterocycles. The summed E-state index contributed by atoms with van der Waals surface area (Å²) in [5.74, 6) is -0.0949. The Labute approximate surface area is 155 Å². The molecule has 6 heteroatoms. The van der Waals surface area contributed by atoms with Crippen LogP contribution in [0, 0.1) is 0 Å². The maximum absolute atomic E-state index is 12.2. The fourth-order valence-electron chi connectivity index (χ4n) is 3.95. The van der Waals surface area contributed by atoms with Gasteiger partial charge in [0.2, 0.25) is 11.8 Å². The normalized spacial score (nSPS) is 26.0. The van der Waals surface area contributed by atoms with Crippen LogP contribution in [0.4, 0.5) is 0 Å².